The van der Waals surface area contributed by atoms with E-state index in [4.69, 9.17) is 20.9 Å². The maximum atomic E-state index is 12.9. The van der Waals surface area contributed by atoms with Crippen molar-refractivity contribution in [3.8, 4) is 17.1 Å². The smallest absolute Gasteiger partial charge is 0.283 e. The van der Waals surface area contributed by atoms with Crippen molar-refractivity contribution < 1.29 is 9.26 Å². The second kappa shape index (κ2) is 8.83. The summed E-state index contributed by atoms with van der Waals surface area (Å²) in [5.74, 6) is 1.29. The maximum absolute atomic E-state index is 12.9. The van der Waals surface area contributed by atoms with Gasteiger partial charge in [-0.3, -0.25) is 9.36 Å². The van der Waals surface area contributed by atoms with Crippen LogP contribution in [0.1, 0.15) is 18.4 Å². The number of rotatable bonds is 7. The highest BCUT2D eigenvalue weighted by Crippen LogP contribution is 2.27. The van der Waals surface area contributed by atoms with Crippen molar-refractivity contribution in [3.63, 3.8) is 0 Å². The summed E-state index contributed by atoms with van der Waals surface area (Å²) in [5.41, 5.74) is 1.81. The maximum Gasteiger partial charge on any atom is 0.283 e. The number of fused-ring (bicyclic) bond motifs is 1. The van der Waals surface area contributed by atoms with E-state index in [0.717, 1.165) is 5.56 Å². The van der Waals surface area contributed by atoms with Crippen LogP contribution in [0.5, 0.6) is 5.75 Å². The molecule has 3 heterocycles. The van der Waals surface area contributed by atoms with E-state index in [2.05, 4.69) is 25.4 Å². The summed E-state index contributed by atoms with van der Waals surface area (Å²) in [6.07, 6.45) is 1.42. The Kier molecular flexibility index (Phi) is 5.57. The number of para-hydroxylation sites is 1. The van der Waals surface area contributed by atoms with Gasteiger partial charge in [0.05, 0.1) is 18.7 Å². The molecule has 5 rings (SSSR count). The zero-order valence-electron chi connectivity index (χ0n) is 17.6. The van der Waals surface area contributed by atoms with Gasteiger partial charge in [0, 0.05) is 5.02 Å². The van der Waals surface area contributed by atoms with E-state index in [1.54, 1.807) is 10.7 Å². The Morgan fingerprint density at radius 3 is 2.85 bits per heavy atom. The van der Waals surface area contributed by atoms with Crippen molar-refractivity contribution in [2.45, 2.75) is 20.0 Å². The summed E-state index contributed by atoms with van der Waals surface area (Å²) < 4.78 is 13.9. The predicted octanol–water partition coefficient (Wildman–Crippen LogP) is 3.19. The molecule has 0 atom stereocenters. The lowest BCUT2D eigenvalue weighted by Crippen LogP contribution is -2.21. The quantitative estimate of drug-likeness (QED) is 0.361. The number of benzene rings is 2. The number of aromatic nitrogens is 7. The Hall–Kier alpha value is -4.05. The fourth-order valence-corrected chi connectivity index (χ4v) is 3.63. The molecule has 0 aliphatic rings. The van der Waals surface area contributed by atoms with Crippen LogP contribution in [0.4, 0.5) is 0 Å². The molecule has 0 spiro atoms. The molecule has 0 amide bonds. The molecule has 0 N–H and O–H groups in total. The van der Waals surface area contributed by atoms with Crippen molar-refractivity contribution in [3.05, 3.63) is 81.7 Å². The largest absolute Gasteiger partial charge is 0.493 e. The first-order chi connectivity index (χ1) is 16.1. The lowest BCUT2D eigenvalue weighted by molar-refractivity contribution is 0.340. The number of hydrogen-bond acceptors (Lipinski definition) is 8. The van der Waals surface area contributed by atoms with Crippen molar-refractivity contribution in [2.24, 2.45) is 0 Å². The summed E-state index contributed by atoms with van der Waals surface area (Å²) in [7, 11) is 0. The fourth-order valence-electron chi connectivity index (χ4n) is 3.42. The number of hydrogen-bond donors (Lipinski definition) is 0. The molecule has 3 aromatic heterocycles. The molecule has 0 fully saturated rings. The first-order valence-corrected chi connectivity index (χ1v) is 10.6. The molecule has 0 radical (unpaired) electrons. The minimum Gasteiger partial charge on any atom is -0.493 e. The Bertz CT molecular complexity index is 1490. The third-order valence-electron chi connectivity index (χ3n) is 4.91. The van der Waals surface area contributed by atoms with Gasteiger partial charge < -0.3 is 9.26 Å². The van der Waals surface area contributed by atoms with Gasteiger partial charge in [0.25, 0.3) is 5.56 Å². The Labute approximate surface area is 192 Å². The zero-order chi connectivity index (χ0) is 22.8. The zero-order valence-corrected chi connectivity index (χ0v) is 18.3. The molecular formula is C22H18ClN7O3. The average molecular weight is 464 g/mol. The van der Waals surface area contributed by atoms with E-state index in [-0.39, 0.29) is 23.5 Å². The number of nitrogens with zero attached hydrogens (tertiary/aromatic N) is 7. The fraction of sp³-hybridized carbons (Fsp3) is 0.182. The van der Waals surface area contributed by atoms with Crippen molar-refractivity contribution >= 4 is 22.8 Å². The highest BCUT2D eigenvalue weighted by Gasteiger charge is 2.16. The normalized spacial score (nSPS) is 11.2. The van der Waals surface area contributed by atoms with E-state index in [0.29, 0.717) is 41.0 Å². The molecule has 33 heavy (non-hydrogen) atoms. The summed E-state index contributed by atoms with van der Waals surface area (Å²) in [6.45, 7) is 2.85. The predicted molar refractivity (Wildman–Crippen MR) is 120 cm³/mol. The van der Waals surface area contributed by atoms with Crippen LogP contribution in [0.3, 0.4) is 0 Å². The lowest BCUT2D eigenvalue weighted by atomic mass is 10.2. The number of ether oxygens (including phenoxy) is 1. The molecule has 166 valence electrons. The standard InChI is InChI=1S/C22H18ClN7O3/c1-2-32-17-9-4-3-8-16(17)20-25-18(33-27-20)12-29-13-24-21-19(22(29)31)26-28-30(21)11-14-6-5-7-15(23)10-14/h3-10,13H,2,11-12H2,1H3. The van der Waals surface area contributed by atoms with Crippen molar-refractivity contribution in [1.82, 2.24) is 34.7 Å². The monoisotopic (exact) mass is 463 g/mol. The van der Waals surface area contributed by atoms with Crippen molar-refractivity contribution in [1.29, 1.82) is 0 Å². The topological polar surface area (TPSA) is 114 Å². The molecule has 2 aromatic carbocycles. The van der Waals surface area contributed by atoms with Crippen LogP contribution in [0, 0.1) is 0 Å². The van der Waals surface area contributed by atoms with Gasteiger partial charge in [0.1, 0.15) is 18.6 Å². The van der Waals surface area contributed by atoms with Crippen LogP contribution in [-0.4, -0.2) is 41.3 Å². The molecule has 0 unspecified atom stereocenters. The molecular weight excluding hydrogens is 446 g/mol. The highest BCUT2D eigenvalue weighted by atomic mass is 35.5. The molecule has 5 aromatic rings. The van der Waals surface area contributed by atoms with E-state index in [1.807, 2.05) is 49.4 Å². The van der Waals surface area contributed by atoms with Crippen molar-refractivity contribution in [2.75, 3.05) is 6.61 Å². The van der Waals surface area contributed by atoms with E-state index >= 15 is 0 Å². The van der Waals surface area contributed by atoms with Crippen LogP contribution < -0.4 is 10.3 Å². The van der Waals surface area contributed by atoms with Gasteiger partial charge in [-0.1, -0.05) is 46.2 Å². The summed E-state index contributed by atoms with van der Waals surface area (Å²) in [6, 6.07) is 14.8. The average Bonchev–Trinajstić information content (AvgIpc) is 3.44. The molecule has 0 saturated carbocycles. The Morgan fingerprint density at radius 2 is 2.00 bits per heavy atom. The highest BCUT2D eigenvalue weighted by molar-refractivity contribution is 6.30. The second-order valence-corrected chi connectivity index (χ2v) is 7.60. The van der Waals surface area contributed by atoms with E-state index < -0.39 is 0 Å². The van der Waals surface area contributed by atoms with Gasteiger partial charge in [-0.2, -0.15) is 4.98 Å². The minimum atomic E-state index is -0.355. The number of halogens is 1. The molecule has 0 aliphatic heterocycles. The van der Waals surface area contributed by atoms with Crippen LogP contribution in [0.15, 0.2) is 64.2 Å². The van der Waals surface area contributed by atoms with Gasteiger partial charge in [0.2, 0.25) is 11.7 Å². The molecule has 10 nitrogen and oxygen atoms in total. The van der Waals surface area contributed by atoms with Crippen LogP contribution in [0.25, 0.3) is 22.6 Å². The first-order valence-electron chi connectivity index (χ1n) is 10.2. The SMILES string of the molecule is CCOc1ccccc1-c1noc(Cn2cnc3c(nnn3Cc3cccc(Cl)c3)c2=O)n1. The Morgan fingerprint density at radius 1 is 1.12 bits per heavy atom. The van der Waals surface area contributed by atoms with Crippen LogP contribution in [0.2, 0.25) is 5.02 Å². The van der Waals surface area contributed by atoms with Gasteiger partial charge in [-0.25, -0.2) is 9.67 Å². The second-order valence-electron chi connectivity index (χ2n) is 7.17. The van der Waals surface area contributed by atoms with Crippen LogP contribution in [-0.2, 0) is 13.1 Å². The van der Waals surface area contributed by atoms with E-state index in [1.165, 1.54) is 10.9 Å². The summed E-state index contributed by atoms with van der Waals surface area (Å²) in [5, 5.41) is 12.8. The molecule has 0 saturated heterocycles. The van der Waals surface area contributed by atoms with Gasteiger partial charge in [-0.15, -0.1) is 5.10 Å². The molecule has 0 aliphatic carbocycles. The third kappa shape index (κ3) is 4.20. The molecule has 0 bridgehead atoms. The van der Waals surface area contributed by atoms with E-state index in [9.17, 15) is 4.79 Å². The summed E-state index contributed by atoms with van der Waals surface area (Å²) >= 11 is 6.05. The minimum absolute atomic E-state index is 0.0483. The van der Waals surface area contributed by atoms with Gasteiger partial charge in [0.15, 0.2) is 11.2 Å². The molecule has 11 heteroatoms. The van der Waals surface area contributed by atoms with Crippen LogP contribution >= 0.6 is 11.6 Å². The van der Waals surface area contributed by atoms with Gasteiger partial charge in [-0.05, 0) is 36.8 Å². The lowest BCUT2D eigenvalue weighted by Gasteiger charge is -2.06. The Balaban J connectivity index is 1.41. The summed E-state index contributed by atoms with van der Waals surface area (Å²) in [4.78, 5) is 21.7. The third-order valence-corrected chi connectivity index (χ3v) is 5.15. The van der Waals surface area contributed by atoms with Gasteiger partial charge >= 0.3 is 0 Å². The first kappa shape index (κ1) is 20.8.